The quantitative estimate of drug-likeness (QED) is 0.536. The van der Waals surface area contributed by atoms with Crippen LogP contribution in [-0.4, -0.2) is 39.4 Å². The van der Waals surface area contributed by atoms with Crippen LogP contribution in [0.3, 0.4) is 0 Å². The Morgan fingerprint density at radius 2 is 1.70 bits per heavy atom. The van der Waals surface area contributed by atoms with Crippen LogP contribution in [0, 0.1) is 0 Å². The molecule has 1 saturated heterocycles. The molecule has 1 fully saturated rings. The lowest BCUT2D eigenvalue weighted by molar-refractivity contribution is -0.131. The van der Waals surface area contributed by atoms with Gasteiger partial charge in [-0.05, 0) is 43.5 Å². The number of aromatic nitrogens is 2. The molecule has 0 saturated carbocycles. The fourth-order valence-corrected chi connectivity index (χ4v) is 4.41. The molecule has 2 aromatic carbocycles. The highest BCUT2D eigenvalue weighted by atomic mass is 16.2. The topological polar surface area (TPSA) is 67.2 Å². The average molecular weight is 445 g/mol. The molecule has 2 amide bonds. The Morgan fingerprint density at radius 3 is 2.45 bits per heavy atom. The zero-order valence-electron chi connectivity index (χ0n) is 19.2. The van der Waals surface area contributed by atoms with Crippen LogP contribution in [0.4, 0.5) is 0 Å². The summed E-state index contributed by atoms with van der Waals surface area (Å²) < 4.78 is 2.08. The van der Waals surface area contributed by atoms with Gasteiger partial charge in [0.15, 0.2) is 0 Å². The molecule has 33 heavy (non-hydrogen) atoms. The van der Waals surface area contributed by atoms with Gasteiger partial charge in [-0.3, -0.25) is 9.59 Å². The summed E-state index contributed by atoms with van der Waals surface area (Å²) >= 11 is 0. The van der Waals surface area contributed by atoms with Crippen LogP contribution in [0.2, 0.25) is 0 Å². The molecule has 1 unspecified atom stereocenters. The Kier molecular flexibility index (Phi) is 7.55. The van der Waals surface area contributed by atoms with E-state index in [4.69, 9.17) is 4.98 Å². The van der Waals surface area contributed by atoms with Gasteiger partial charge in [0.05, 0.1) is 17.1 Å². The SMILES string of the molecule is CC(NC(=O)/C=C\c1ccccc1)c1nc2ccccc2n1CCC(=O)N1CCCCCC1. The lowest BCUT2D eigenvalue weighted by atomic mass is 10.2. The fourth-order valence-electron chi connectivity index (χ4n) is 4.41. The summed E-state index contributed by atoms with van der Waals surface area (Å²) in [5.74, 6) is 0.787. The summed E-state index contributed by atoms with van der Waals surface area (Å²) in [5.41, 5.74) is 2.83. The molecule has 3 aromatic rings. The van der Waals surface area contributed by atoms with Crippen molar-refractivity contribution in [2.45, 2.75) is 51.6 Å². The predicted octanol–water partition coefficient (Wildman–Crippen LogP) is 4.72. The summed E-state index contributed by atoms with van der Waals surface area (Å²) in [4.78, 5) is 32.2. The molecule has 6 heteroatoms. The van der Waals surface area contributed by atoms with Crippen molar-refractivity contribution in [2.75, 3.05) is 13.1 Å². The van der Waals surface area contributed by atoms with E-state index < -0.39 is 0 Å². The van der Waals surface area contributed by atoms with E-state index >= 15 is 0 Å². The number of carbonyl (C=O) groups is 2. The standard InChI is InChI=1S/C27H32N4O2/c1-21(28-25(32)16-15-22-11-5-4-6-12-22)27-29-23-13-7-8-14-24(23)31(27)20-17-26(33)30-18-9-2-3-10-19-30/h4-8,11-16,21H,2-3,9-10,17-20H2,1H3,(H,28,32)/b16-15-. The largest absolute Gasteiger partial charge is 0.343 e. The molecule has 172 valence electrons. The van der Waals surface area contributed by atoms with Gasteiger partial charge in [0, 0.05) is 32.1 Å². The Labute approximate surface area is 195 Å². The van der Waals surface area contributed by atoms with Crippen molar-refractivity contribution in [3.63, 3.8) is 0 Å². The number of para-hydroxylation sites is 2. The van der Waals surface area contributed by atoms with Gasteiger partial charge in [-0.15, -0.1) is 0 Å². The van der Waals surface area contributed by atoms with E-state index in [0.29, 0.717) is 13.0 Å². The van der Waals surface area contributed by atoms with Crippen LogP contribution in [0.25, 0.3) is 17.1 Å². The monoisotopic (exact) mass is 444 g/mol. The minimum absolute atomic E-state index is 0.175. The number of rotatable bonds is 7. The molecule has 0 radical (unpaired) electrons. The zero-order valence-corrected chi connectivity index (χ0v) is 19.2. The third-order valence-corrected chi connectivity index (χ3v) is 6.16. The molecule has 1 aromatic heterocycles. The highest BCUT2D eigenvalue weighted by molar-refractivity contribution is 5.92. The van der Waals surface area contributed by atoms with Crippen molar-refractivity contribution in [2.24, 2.45) is 0 Å². The van der Waals surface area contributed by atoms with E-state index in [9.17, 15) is 9.59 Å². The molecule has 0 aliphatic carbocycles. The van der Waals surface area contributed by atoms with Crippen LogP contribution in [-0.2, 0) is 16.1 Å². The second kappa shape index (κ2) is 10.9. The first-order chi connectivity index (χ1) is 16.1. The summed E-state index contributed by atoms with van der Waals surface area (Å²) in [6.07, 6.45) is 8.36. The number of fused-ring (bicyclic) bond motifs is 1. The number of nitrogens with one attached hydrogen (secondary N) is 1. The first-order valence-electron chi connectivity index (χ1n) is 11.9. The Balaban J connectivity index is 1.47. The molecule has 1 atom stereocenters. The number of carbonyl (C=O) groups excluding carboxylic acids is 2. The third kappa shape index (κ3) is 5.89. The third-order valence-electron chi connectivity index (χ3n) is 6.16. The Morgan fingerprint density at radius 1 is 1.00 bits per heavy atom. The van der Waals surface area contributed by atoms with Gasteiger partial charge in [0.2, 0.25) is 11.8 Å². The molecule has 1 aliphatic heterocycles. The van der Waals surface area contributed by atoms with Crippen LogP contribution in [0.15, 0.2) is 60.7 Å². The van der Waals surface area contributed by atoms with Gasteiger partial charge in [-0.25, -0.2) is 4.98 Å². The maximum absolute atomic E-state index is 12.9. The molecule has 1 N–H and O–H groups in total. The van der Waals surface area contributed by atoms with Crippen molar-refractivity contribution in [3.8, 4) is 0 Å². The number of likely N-dealkylation sites (tertiary alicyclic amines) is 1. The van der Waals surface area contributed by atoms with Crippen molar-refractivity contribution in [1.29, 1.82) is 0 Å². The van der Waals surface area contributed by atoms with Crippen LogP contribution < -0.4 is 5.32 Å². The van der Waals surface area contributed by atoms with Gasteiger partial charge < -0.3 is 14.8 Å². The molecule has 0 spiro atoms. The van der Waals surface area contributed by atoms with Crippen LogP contribution in [0.1, 0.15) is 56.5 Å². The average Bonchev–Trinajstić information content (AvgIpc) is 3.00. The lowest BCUT2D eigenvalue weighted by Crippen LogP contribution is -2.33. The van der Waals surface area contributed by atoms with Crippen molar-refractivity contribution in [1.82, 2.24) is 19.8 Å². The second-order valence-electron chi connectivity index (χ2n) is 8.63. The van der Waals surface area contributed by atoms with Crippen molar-refractivity contribution >= 4 is 28.9 Å². The number of imidazole rings is 1. The molecular weight excluding hydrogens is 412 g/mol. The summed E-state index contributed by atoms with van der Waals surface area (Å²) in [6.45, 7) is 4.20. The smallest absolute Gasteiger partial charge is 0.244 e. The first-order valence-corrected chi connectivity index (χ1v) is 11.9. The summed E-state index contributed by atoms with van der Waals surface area (Å²) in [6, 6.07) is 17.4. The van der Waals surface area contributed by atoms with Gasteiger partial charge in [0.25, 0.3) is 0 Å². The summed E-state index contributed by atoms with van der Waals surface area (Å²) in [7, 11) is 0. The van der Waals surface area contributed by atoms with E-state index in [2.05, 4.69) is 9.88 Å². The fraction of sp³-hybridized carbons (Fsp3) is 0.370. The van der Waals surface area contributed by atoms with Gasteiger partial charge in [0.1, 0.15) is 5.82 Å². The molecule has 0 bridgehead atoms. The minimum Gasteiger partial charge on any atom is -0.343 e. The second-order valence-corrected chi connectivity index (χ2v) is 8.63. The molecule has 1 aliphatic rings. The maximum Gasteiger partial charge on any atom is 0.244 e. The number of nitrogens with zero attached hydrogens (tertiary/aromatic N) is 3. The van der Waals surface area contributed by atoms with Crippen molar-refractivity contribution in [3.05, 3.63) is 72.1 Å². The van der Waals surface area contributed by atoms with E-state index in [1.54, 1.807) is 12.2 Å². The van der Waals surface area contributed by atoms with Gasteiger partial charge in [-0.1, -0.05) is 55.3 Å². The van der Waals surface area contributed by atoms with Crippen LogP contribution in [0.5, 0.6) is 0 Å². The summed E-state index contributed by atoms with van der Waals surface area (Å²) in [5, 5.41) is 3.02. The number of amides is 2. The first kappa shape index (κ1) is 22.8. The normalized spacial score (nSPS) is 15.5. The van der Waals surface area contributed by atoms with Crippen molar-refractivity contribution < 1.29 is 9.59 Å². The molecule has 4 rings (SSSR count). The number of aryl methyl sites for hydroxylation is 1. The maximum atomic E-state index is 12.9. The minimum atomic E-state index is -0.293. The van der Waals surface area contributed by atoms with Gasteiger partial charge in [-0.2, -0.15) is 0 Å². The number of hydrogen-bond acceptors (Lipinski definition) is 3. The van der Waals surface area contributed by atoms with E-state index in [1.165, 1.54) is 12.8 Å². The van der Waals surface area contributed by atoms with E-state index in [-0.39, 0.29) is 17.9 Å². The molecular formula is C27H32N4O2. The van der Waals surface area contributed by atoms with E-state index in [0.717, 1.165) is 48.4 Å². The highest BCUT2D eigenvalue weighted by Gasteiger charge is 2.20. The predicted molar refractivity (Wildman–Crippen MR) is 131 cm³/mol. The van der Waals surface area contributed by atoms with E-state index in [1.807, 2.05) is 66.4 Å². The lowest BCUT2D eigenvalue weighted by Gasteiger charge is -2.21. The Hall–Kier alpha value is -3.41. The highest BCUT2D eigenvalue weighted by Crippen LogP contribution is 2.22. The number of hydrogen-bond donors (Lipinski definition) is 1. The van der Waals surface area contributed by atoms with Gasteiger partial charge >= 0.3 is 0 Å². The zero-order chi connectivity index (χ0) is 23.0. The van der Waals surface area contributed by atoms with Crippen LogP contribution >= 0.6 is 0 Å². The molecule has 6 nitrogen and oxygen atoms in total. The molecule has 2 heterocycles. The number of benzene rings is 2. The Bertz CT molecular complexity index is 1110.